The van der Waals surface area contributed by atoms with Crippen LogP contribution >= 0.6 is 0 Å². The van der Waals surface area contributed by atoms with Crippen LogP contribution in [0.1, 0.15) is 116 Å². The molecule has 0 amide bonds. The van der Waals surface area contributed by atoms with Crippen LogP contribution in [-0.2, 0) is 9.47 Å². The van der Waals surface area contributed by atoms with Crippen LogP contribution in [0.2, 0.25) is 0 Å². The second-order valence-electron chi connectivity index (χ2n) is 9.15. The summed E-state index contributed by atoms with van der Waals surface area (Å²) in [5.41, 5.74) is 1.07. The molecule has 33 heavy (non-hydrogen) atoms. The fourth-order valence-electron chi connectivity index (χ4n) is 3.94. The van der Waals surface area contributed by atoms with Gasteiger partial charge in [0.25, 0.3) is 0 Å². The molecule has 192 valence electrons. The molecule has 5 nitrogen and oxygen atoms in total. The highest BCUT2D eigenvalue weighted by Gasteiger charge is 2.26. The summed E-state index contributed by atoms with van der Waals surface area (Å²) in [6.07, 6.45) is 16.8. The van der Waals surface area contributed by atoms with Gasteiger partial charge in [-0.2, -0.15) is 0 Å². The summed E-state index contributed by atoms with van der Waals surface area (Å²) in [5.74, 6) is 0.861. The standard InChI is InChI=1S/C18H28O3.C10H22O2/c1-3-4-5-6-7-8-9-17-14-20-18(21-17)15-10-12-16(19-2)13-11-15;1-2-3-4-5-6-7-8-10(12)9-11/h10-13,17-18H,3-9,14H2,1-2H3;10-12H,2-9H2,1H3. The van der Waals surface area contributed by atoms with Gasteiger partial charge < -0.3 is 24.4 Å². The first-order chi connectivity index (χ1) is 16.1. The first-order valence-corrected chi connectivity index (χ1v) is 13.3. The summed E-state index contributed by atoms with van der Waals surface area (Å²) in [4.78, 5) is 0. The van der Waals surface area contributed by atoms with E-state index in [0.717, 1.165) is 30.6 Å². The van der Waals surface area contributed by atoms with Crippen LogP contribution in [-0.4, -0.2) is 42.7 Å². The number of benzene rings is 1. The molecule has 1 aliphatic heterocycles. The van der Waals surface area contributed by atoms with Crippen molar-refractivity contribution in [2.75, 3.05) is 20.3 Å². The van der Waals surface area contributed by atoms with E-state index in [0.29, 0.717) is 6.61 Å². The van der Waals surface area contributed by atoms with Gasteiger partial charge in [0.1, 0.15) is 5.75 Å². The van der Waals surface area contributed by atoms with E-state index in [9.17, 15) is 0 Å². The fraction of sp³-hybridized carbons (Fsp3) is 0.786. The first kappa shape index (κ1) is 29.9. The van der Waals surface area contributed by atoms with E-state index < -0.39 is 6.10 Å². The van der Waals surface area contributed by atoms with Crippen LogP contribution in [0.15, 0.2) is 24.3 Å². The molecule has 1 aromatic rings. The van der Waals surface area contributed by atoms with Crippen molar-refractivity contribution in [3.8, 4) is 5.75 Å². The van der Waals surface area contributed by atoms with E-state index in [1.54, 1.807) is 7.11 Å². The van der Waals surface area contributed by atoms with E-state index in [1.807, 2.05) is 24.3 Å². The smallest absolute Gasteiger partial charge is 0.184 e. The Morgan fingerprint density at radius 3 is 2.03 bits per heavy atom. The van der Waals surface area contributed by atoms with Crippen molar-refractivity contribution < 1.29 is 24.4 Å². The molecule has 3 atom stereocenters. The maximum absolute atomic E-state index is 9.01. The number of aliphatic hydroxyl groups excluding tert-OH is 2. The van der Waals surface area contributed by atoms with Crippen molar-refractivity contribution >= 4 is 0 Å². The van der Waals surface area contributed by atoms with Crippen LogP contribution in [0, 0.1) is 0 Å². The molecule has 0 aliphatic carbocycles. The van der Waals surface area contributed by atoms with Crippen molar-refractivity contribution in [2.45, 2.75) is 122 Å². The van der Waals surface area contributed by atoms with Gasteiger partial charge in [-0.25, -0.2) is 0 Å². The number of rotatable bonds is 17. The van der Waals surface area contributed by atoms with Crippen molar-refractivity contribution in [3.05, 3.63) is 29.8 Å². The maximum atomic E-state index is 9.01. The molecular weight excluding hydrogens is 416 g/mol. The Morgan fingerprint density at radius 1 is 0.879 bits per heavy atom. The highest BCUT2D eigenvalue weighted by molar-refractivity contribution is 5.28. The average molecular weight is 467 g/mol. The Hall–Kier alpha value is -1.14. The van der Waals surface area contributed by atoms with Gasteiger partial charge in [-0.1, -0.05) is 103 Å². The largest absolute Gasteiger partial charge is 0.497 e. The predicted octanol–water partition coefficient (Wildman–Crippen LogP) is 6.95. The van der Waals surface area contributed by atoms with E-state index in [4.69, 9.17) is 24.4 Å². The molecule has 1 fully saturated rings. The Labute approximate surface area is 202 Å². The van der Waals surface area contributed by atoms with Crippen LogP contribution in [0.5, 0.6) is 5.75 Å². The summed E-state index contributed by atoms with van der Waals surface area (Å²) in [7, 11) is 1.67. The molecule has 1 aromatic carbocycles. The lowest BCUT2D eigenvalue weighted by atomic mass is 10.1. The Morgan fingerprint density at radius 2 is 1.45 bits per heavy atom. The van der Waals surface area contributed by atoms with Crippen LogP contribution < -0.4 is 4.74 Å². The van der Waals surface area contributed by atoms with Crippen LogP contribution in [0.4, 0.5) is 0 Å². The number of unbranched alkanes of at least 4 members (excludes halogenated alkanes) is 10. The summed E-state index contributed by atoms with van der Waals surface area (Å²) in [6.45, 7) is 5.08. The second-order valence-corrected chi connectivity index (χ2v) is 9.15. The minimum absolute atomic E-state index is 0.0883. The lowest BCUT2D eigenvalue weighted by Gasteiger charge is -2.12. The number of aliphatic hydroxyl groups is 2. The molecule has 3 unspecified atom stereocenters. The zero-order valence-corrected chi connectivity index (χ0v) is 21.5. The normalized spacial score (nSPS) is 18.6. The van der Waals surface area contributed by atoms with Gasteiger partial charge in [0.2, 0.25) is 0 Å². The number of hydrogen-bond acceptors (Lipinski definition) is 5. The van der Waals surface area contributed by atoms with Gasteiger partial charge in [-0.3, -0.25) is 0 Å². The van der Waals surface area contributed by atoms with Gasteiger partial charge in [0.05, 0.1) is 32.5 Å². The summed E-state index contributed by atoms with van der Waals surface area (Å²) >= 11 is 0. The quantitative estimate of drug-likeness (QED) is 0.243. The Kier molecular flexibility index (Phi) is 18.3. The van der Waals surface area contributed by atoms with Gasteiger partial charge in [0, 0.05) is 5.56 Å². The number of hydrogen-bond donors (Lipinski definition) is 2. The molecular formula is C28H50O5. The molecule has 0 saturated carbocycles. The van der Waals surface area contributed by atoms with Crippen LogP contribution in [0.3, 0.4) is 0 Å². The minimum atomic E-state index is -0.490. The third kappa shape index (κ3) is 14.7. The Balaban J connectivity index is 0.000000389. The first-order valence-electron chi connectivity index (χ1n) is 13.3. The molecule has 0 aromatic heterocycles. The molecule has 1 heterocycles. The van der Waals surface area contributed by atoms with Crippen molar-refractivity contribution in [3.63, 3.8) is 0 Å². The number of ether oxygens (including phenoxy) is 3. The zero-order valence-electron chi connectivity index (χ0n) is 21.5. The molecule has 1 saturated heterocycles. The van der Waals surface area contributed by atoms with E-state index in [1.165, 1.54) is 70.6 Å². The molecule has 0 spiro atoms. The fourth-order valence-corrected chi connectivity index (χ4v) is 3.94. The molecule has 1 aliphatic rings. The summed E-state index contributed by atoms with van der Waals surface area (Å²) in [5, 5.41) is 17.5. The lowest BCUT2D eigenvalue weighted by Crippen LogP contribution is -2.10. The highest BCUT2D eigenvalue weighted by Crippen LogP contribution is 2.30. The van der Waals surface area contributed by atoms with Gasteiger partial charge in [0.15, 0.2) is 6.29 Å². The highest BCUT2D eigenvalue weighted by atomic mass is 16.7. The SMILES string of the molecule is CCCCCCCCC(O)CO.CCCCCCCCC1COC(c2ccc(OC)cc2)O1. The van der Waals surface area contributed by atoms with Crippen molar-refractivity contribution in [2.24, 2.45) is 0 Å². The van der Waals surface area contributed by atoms with E-state index in [-0.39, 0.29) is 19.0 Å². The minimum Gasteiger partial charge on any atom is -0.497 e. The molecule has 2 rings (SSSR count). The summed E-state index contributed by atoms with van der Waals surface area (Å²) < 4.78 is 16.9. The average Bonchev–Trinajstić information content (AvgIpc) is 3.32. The van der Waals surface area contributed by atoms with Crippen LogP contribution in [0.25, 0.3) is 0 Å². The third-order valence-electron chi connectivity index (χ3n) is 6.12. The third-order valence-corrected chi connectivity index (χ3v) is 6.12. The topological polar surface area (TPSA) is 68.2 Å². The van der Waals surface area contributed by atoms with Gasteiger partial charge in [-0.15, -0.1) is 0 Å². The molecule has 5 heteroatoms. The predicted molar refractivity (Wildman–Crippen MR) is 136 cm³/mol. The lowest BCUT2D eigenvalue weighted by molar-refractivity contribution is -0.0614. The van der Waals surface area contributed by atoms with Crippen molar-refractivity contribution in [1.82, 2.24) is 0 Å². The van der Waals surface area contributed by atoms with Crippen molar-refractivity contribution in [1.29, 1.82) is 0 Å². The molecule has 2 N–H and O–H groups in total. The van der Waals surface area contributed by atoms with E-state index >= 15 is 0 Å². The maximum Gasteiger partial charge on any atom is 0.184 e. The molecule has 0 bridgehead atoms. The Bertz CT molecular complexity index is 548. The number of methoxy groups -OCH3 is 1. The summed E-state index contributed by atoms with van der Waals surface area (Å²) in [6, 6.07) is 7.92. The van der Waals surface area contributed by atoms with E-state index in [2.05, 4.69) is 13.8 Å². The zero-order chi connectivity index (χ0) is 24.2. The van der Waals surface area contributed by atoms with Gasteiger partial charge >= 0.3 is 0 Å². The van der Waals surface area contributed by atoms with Gasteiger partial charge in [-0.05, 0) is 25.0 Å². The molecule has 0 radical (unpaired) electrons. The second kappa shape index (κ2) is 20.3. The monoisotopic (exact) mass is 466 g/mol.